The van der Waals surface area contributed by atoms with Crippen molar-refractivity contribution < 1.29 is 9.59 Å². The van der Waals surface area contributed by atoms with Gasteiger partial charge in [0.2, 0.25) is 12.3 Å². The highest BCUT2D eigenvalue weighted by atomic mass is 16.2. The average molecular weight is 273 g/mol. The van der Waals surface area contributed by atoms with Crippen LogP contribution in [-0.4, -0.2) is 29.4 Å². The van der Waals surface area contributed by atoms with Crippen LogP contribution in [0.15, 0.2) is 30.5 Å². The van der Waals surface area contributed by atoms with Crippen molar-refractivity contribution in [2.24, 2.45) is 0 Å². The average Bonchev–Trinajstić information content (AvgIpc) is 2.83. The third-order valence-electron chi connectivity index (χ3n) is 3.43. The molecule has 1 aromatic carbocycles. The van der Waals surface area contributed by atoms with E-state index in [1.54, 1.807) is 6.92 Å². The second-order valence-electron chi connectivity index (χ2n) is 4.99. The third-order valence-corrected chi connectivity index (χ3v) is 3.43. The number of amides is 2. The van der Waals surface area contributed by atoms with E-state index in [9.17, 15) is 9.59 Å². The van der Waals surface area contributed by atoms with Crippen molar-refractivity contribution in [3.63, 3.8) is 0 Å². The van der Waals surface area contributed by atoms with E-state index in [1.165, 1.54) is 0 Å². The van der Waals surface area contributed by atoms with Crippen molar-refractivity contribution in [3.8, 4) is 0 Å². The molecule has 0 aliphatic carbocycles. The van der Waals surface area contributed by atoms with E-state index < -0.39 is 5.54 Å². The molecule has 0 saturated heterocycles. The van der Waals surface area contributed by atoms with Gasteiger partial charge >= 0.3 is 0 Å². The molecule has 0 fully saturated rings. The molecular weight excluding hydrogens is 254 g/mol. The Morgan fingerprint density at radius 1 is 1.40 bits per heavy atom. The van der Waals surface area contributed by atoms with Crippen LogP contribution in [0, 0.1) is 0 Å². The van der Waals surface area contributed by atoms with Gasteiger partial charge in [0.15, 0.2) is 0 Å². The maximum Gasteiger partial charge on any atom is 0.245 e. The smallest absolute Gasteiger partial charge is 0.245 e. The normalized spacial score (nSPS) is 13.7. The molecular formula is C15H19N3O2. The van der Waals surface area contributed by atoms with Gasteiger partial charge in [-0.3, -0.25) is 9.59 Å². The Bertz CT molecular complexity index is 620. The minimum Gasteiger partial charge on any atom is -0.361 e. The lowest BCUT2D eigenvalue weighted by Crippen LogP contribution is -2.55. The second kappa shape index (κ2) is 5.77. The molecule has 2 amide bonds. The predicted octanol–water partition coefficient (Wildman–Crippen LogP) is 1.35. The lowest BCUT2D eigenvalue weighted by Gasteiger charge is -2.27. The number of hydrogen-bond donors (Lipinski definition) is 3. The van der Waals surface area contributed by atoms with Gasteiger partial charge in [0.1, 0.15) is 5.54 Å². The van der Waals surface area contributed by atoms with Crippen molar-refractivity contribution in [2.75, 3.05) is 6.54 Å². The Balaban J connectivity index is 2.32. The zero-order valence-corrected chi connectivity index (χ0v) is 11.7. The standard InChI is InChI=1S/C15H19N3O2/c1-3-16-14(20)15(2,18-10-19)8-11-9-17-13-7-5-4-6-12(11)13/h4-7,9-10,17H,3,8H2,1-2H3,(H,16,20)(H,18,19)/t15-/m1/s1. The Kier molecular flexibility index (Phi) is 4.08. The Labute approximate surface area is 117 Å². The molecule has 5 nitrogen and oxygen atoms in total. The number of fused-ring (bicyclic) bond motifs is 1. The number of nitrogens with one attached hydrogen (secondary N) is 3. The summed E-state index contributed by atoms with van der Waals surface area (Å²) in [5.74, 6) is -0.183. The predicted molar refractivity (Wildman–Crippen MR) is 78.3 cm³/mol. The first kappa shape index (κ1) is 14.1. The first-order valence-corrected chi connectivity index (χ1v) is 6.65. The van der Waals surface area contributed by atoms with Gasteiger partial charge in [-0.15, -0.1) is 0 Å². The largest absolute Gasteiger partial charge is 0.361 e. The van der Waals surface area contributed by atoms with Crippen LogP contribution in [0.3, 0.4) is 0 Å². The van der Waals surface area contributed by atoms with Crippen LogP contribution in [0.1, 0.15) is 19.4 Å². The number of carbonyl (C=O) groups excluding carboxylic acids is 2. The van der Waals surface area contributed by atoms with Crippen LogP contribution < -0.4 is 10.6 Å². The first-order chi connectivity index (χ1) is 9.60. The van der Waals surface area contributed by atoms with Crippen molar-refractivity contribution >= 4 is 23.2 Å². The molecule has 20 heavy (non-hydrogen) atoms. The first-order valence-electron chi connectivity index (χ1n) is 6.65. The van der Waals surface area contributed by atoms with Crippen LogP contribution in [0.5, 0.6) is 0 Å². The molecule has 0 unspecified atom stereocenters. The van der Waals surface area contributed by atoms with E-state index >= 15 is 0 Å². The molecule has 0 bridgehead atoms. The number of aromatic amines is 1. The number of H-pyrrole nitrogens is 1. The minimum atomic E-state index is -0.956. The zero-order valence-electron chi connectivity index (χ0n) is 11.7. The van der Waals surface area contributed by atoms with Gasteiger partial charge in [-0.1, -0.05) is 18.2 Å². The fourth-order valence-electron chi connectivity index (χ4n) is 2.34. The molecule has 106 valence electrons. The lowest BCUT2D eigenvalue weighted by atomic mass is 9.91. The maximum atomic E-state index is 12.2. The molecule has 5 heteroatoms. The number of benzene rings is 1. The van der Waals surface area contributed by atoms with E-state index in [2.05, 4.69) is 15.6 Å². The highest BCUT2D eigenvalue weighted by Gasteiger charge is 2.33. The lowest BCUT2D eigenvalue weighted by molar-refractivity contribution is -0.129. The van der Waals surface area contributed by atoms with E-state index in [1.807, 2.05) is 37.4 Å². The third kappa shape index (κ3) is 2.66. The molecule has 2 rings (SSSR count). The minimum absolute atomic E-state index is 0.183. The summed E-state index contributed by atoms with van der Waals surface area (Å²) in [6.07, 6.45) is 2.89. The van der Waals surface area contributed by atoms with E-state index in [0.29, 0.717) is 19.4 Å². The second-order valence-corrected chi connectivity index (χ2v) is 4.99. The summed E-state index contributed by atoms with van der Waals surface area (Å²) >= 11 is 0. The Hall–Kier alpha value is -2.30. The molecule has 1 heterocycles. The molecule has 0 spiro atoms. The number of likely N-dealkylation sites (N-methyl/N-ethyl adjacent to an activating group) is 1. The van der Waals surface area contributed by atoms with Crippen molar-refractivity contribution in [2.45, 2.75) is 25.8 Å². The number of aromatic nitrogens is 1. The zero-order chi connectivity index (χ0) is 14.6. The molecule has 0 aliphatic rings. The van der Waals surface area contributed by atoms with Gasteiger partial charge in [-0.25, -0.2) is 0 Å². The fraction of sp³-hybridized carbons (Fsp3) is 0.333. The van der Waals surface area contributed by atoms with Gasteiger partial charge < -0.3 is 15.6 Å². The number of para-hydroxylation sites is 1. The van der Waals surface area contributed by atoms with Crippen molar-refractivity contribution in [1.29, 1.82) is 0 Å². The fourth-order valence-corrected chi connectivity index (χ4v) is 2.34. The summed E-state index contributed by atoms with van der Waals surface area (Å²) in [6, 6.07) is 7.89. The summed E-state index contributed by atoms with van der Waals surface area (Å²) in [5.41, 5.74) is 1.07. The molecule has 2 aromatic rings. The van der Waals surface area contributed by atoms with Gasteiger partial charge in [-0.05, 0) is 25.5 Å². The Morgan fingerprint density at radius 2 is 2.15 bits per heavy atom. The van der Waals surface area contributed by atoms with Crippen LogP contribution in [-0.2, 0) is 16.0 Å². The van der Waals surface area contributed by atoms with Gasteiger partial charge in [-0.2, -0.15) is 0 Å². The van der Waals surface area contributed by atoms with Crippen LogP contribution >= 0.6 is 0 Å². The maximum absolute atomic E-state index is 12.2. The highest BCUT2D eigenvalue weighted by molar-refractivity contribution is 5.90. The van der Waals surface area contributed by atoms with Gasteiger partial charge in [0.05, 0.1) is 0 Å². The summed E-state index contributed by atoms with van der Waals surface area (Å²) < 4.78 is 0. The van der Waals surface area contributed by atoms with E-state index in [4.69, 9.17) is 0 Å². The molecule has 0 saturated carbocycles. The van der Waals surface area contributed by atoms with Crippen LogP contribution in [0.4, 0.5) is 0 Å². The number of carbonyl (C=O) groups is 2. The van der Waals surface area contributed by atoms with Crippen LogP contribution in [0.2, 0.25) is 0 Å². The van der Waals surface area contributed by atoms with Crippen molar-refractivity contribution in [3.05, 3.63) is 36.0 Å². The summed E-state index contributed by atoms with van der Waals surface area (Å²) in [7, 11) is 0. The van der Waals surface area contributed by atoms with Crippen molar-refractivity contribution in [1.82, 2.24) is 15.6 Å². The SMILES string of the molecule is CCNC(=O)[C@@](C)(Cc1c[nH]c2ccccc12)NC=O. The molecule has 1 aromatic heterocycles. The molecule has 1 atom stereocenters. The molecule has 3 N–H and O–H groups in total. The Morgan fingerprint density at radius 3 is 2.85 bits per heavy atom. The summed E-state index contributed by atoms with van der Waals surface area (Å²) in [4.78, 5) is 26.2. The highest BCUT2D eigenvalue weighted by Crippen LogP contribution is 2.22. The summed E-state index contributed by atoms with van der Waals surface area (Å²) in [5, 5.41) is 6.47. The molecule has 0 radical (unpaired) electrons. The van der Waals surface area contributed by atoms with Crippen LogP contribution in [0.25, 0.3) is 10.9 Å². The topological polar surface area (TPSA) is 74.0 Å². The monoisotopic (exact) mass is 273 g/mol. The summed E-state index contributed by atoms with van der Waals surface area (Å²) in [6.45, 7) is 4.11. The van der Waals surface area contributed by atoms with E-state index in [0.717, 1.165) is 16.5 Å². The van der Waals surface area contributed by atoms with E-state index in [-0.39, 0.29) is 5.91 Å². The van der Waals surface area contributed by atoms with Gasteiger partial charge in [0.25, 0.3) is 0 Å². The van der Waals surface area contributed by atoms with Gasteiger partial charge in [0, 0.05) is 30.1 Å². The molecule has 0 aliphatic heterocycles. The quantitative estimate of drug-likeness (QED) is 0.695. The number of hydrogen-bond acceptors (Lipinski definition) is 2. The number of rotatable bonds is 6.